The molecule has 0 aliphatic heterocycles. The number of thioether (sulfide) groups is 1. The molecule has 0 amide bonds. The van der Waals surface area contributed by atoms with E-state index in [1.165, 1.54) is 4.88 Å². The number of hydrogen-bond donors (Lipinski definition) is 1. The van der Waals surface area contributed by atoms with Crippen LogP contribution in [-0.4, -0.2) is 32.3 Å². The standard InChI is InChI=1S/C14H17N5S2/c1-20-14-12-13(16-9-17-14)19(10-18-12)6-3-5-15-8-11-4-2-7-21-11/h2,4,7,9-10,15H,3,5-6,8H2,1H3. The van der Waals surface area contributed by atoms with Crippen molar-refractivity contribution in [2.45, 2.75) is 24.5 Å². The molecule has 7 heteroatoms. The maximum atomic E-state index is 4.43. The number of hydrogen-bond acceptors (Lipinski definition) is 6. The smallest absolute Gasteiger partial charge is 0.164 e. The van der Waals surface area contributed by atoms with Crippen molar-refractivity contribution in [2.75, 3.05) is 12.8 Å². The molecule has 3 aromatic rings. The lowest BCUT2D eigenvalue weighted by Gasteiger charge is -2.05. The Hall–Kier alpha value is -1.44. The van der Waals surface area contributed by atoms with Gasteiger partial charge in [0.1, 0.15) is 16.9 Å². The second-order valence-electron chi connectivity index (χ2n) is 4.60. The molecule has 0 saturated heterocycles. The van der Waals surface area contributed by atoms with Gasteiger partial charge in [-0.25, -0.2) is 15.0 Å². The van der Waals surface area contributed by atoms with Crippen molar-refractivity contribution in [3.8, 4) is 0 Å². The molecule has 0 aliphatic rings. The summed E-state index contributed by atoms with van der Waals surface area (Å²) in [5.41, 5.74) is 1.82. The van der Waals surface area contributed by atoms with E-state index in [0.717, 1.165) is 42.2 Å². The number of thiophene rings is 1. The lowest BCUT2D eigenvalue weighted by Crippen LogP contribution is -2.15. The fourth-order valence-electron chi connectivity index (χ4n) is 2.17. The Bertz CT molecular complexity index is 693. The normalized spacial score (nSPS) is 11.3. The number of fused-ring (bicyclic) bond motifs is 1. The third kappa shape index (κ3) is 3.42. The Morgan fingerprint density at radius 1 is 1.33 bits per heavy atom. The summed E-state index contributed by atoms with van der Waals surface area (Å²) in [7, 11) is 0. The molecule has 3 heterocycles. The highest BCUT2D eigenvalue weighted by molar-refractivity contribution is 7.98. The van der Waals surface area contributed by atoms with Gasteiger partial charge >= 0.3 is 0 Å². The third-order valence-electron chi connectivity index (χ3n) is 3.19. The molecule has 110 valence electrons. The topological polar surface area (TPSA) is 55.6 Å². The van der Waals surface area contributed by atoms with E-state index in [-0.39, 0.29) is 0 Å². The zero-order chi connectivity index (χ0) is 14.5. The Kier molecular flexibility index (Phi) is 4.84. The molecule has 3 aromatic heterocycles. The first-order valence-electron chi connectivity index (χ1n) is 6.81. The summed E-state index contributed by atoms with van der Waals surface area (Å²) in [6, 6.07) is 4.24. The molecule has 0 aromatic carbocycles. The van der Waals surface area contributed by atoms with Gasteiger partial charge in [-0.3, -0.25) is 0 Å². The quantitative estimate of drug-likeness (QED) is 0.412. The van der Waals surface area contributed by atoms with Gasteiger partial charge in [0.15, 0.2) is 5.65 Å². The van der Waals surface area contributed by atoms with Crippen LogP contribution in [0.5, 0.6) is 0 Å². The predicted octanol–water partition coefficient (Wildman–Crippen LogP) is 2.79. The fourth-order valence-corrected chi connectivity index (χ4v) is 3.34. The molecule has 1 N–H and O–H groups in total. The van der Waals surface area contributed by atoms with E-state index < -0.39 is 0 Å². The second kappa shape index (κ2) is 7.02. The van der Waals surface area contributed by atoms with Crippen LogP contribution in [0.2, 0.25) is 0 Å². The van der Waals surface area contributed by atoms with Crippen LogP contribution >= 0.6 is 23.1 Å². The average molecular weight is 319 g/mol. The molecule has 21 heavy (non-hydrogen) atoms. The Morgan fingerprint density at radius 3 is 3.10 bits per heavy atom. The van der Waals surface area contributed by atoms with E-state index in [0.29, 0.717) is 0 Å². The summed E-state index contributed by atoms with van der Waals surface area (Å²) < 4.78 is 2.10. The van der Waals surface area contributed by atoms with E-state index in [1.54, 1.807) is 29.4 Å². The zero-order valence-electron chi connectivity index (χ0n) is 11.8. The molecule has 0 radical (unpaired) electrons. The summed E-state index contributed by atoms with van der Waals surface area (Å²) >= 11 is 3.39. The highest BCUT2D eigenvalue weighted by Gasteiger charge is 2.08. The van der Waals surface area contributed by atoms with Crippen molar-refractivity contribution < 1.29 is 0 Å². The fraction of sp³-hybridized carbons (Fsp3) is 0.357. The van der Waals surface area contributed by atoms with Gasteiger partial charge in [-0.2, -0.15) is 0 Å². The Balaban J connectivity index is 1.53. The molecule has 0 fully saturated rings. The van der Waals surface area contributed by atoms with Gasteiger partial charge in [0.25, 0.3) is 0 Å². The maximum Gasteiger partial charge on any atom is 0.164 e. The van der Waals surface area contributed by atoms with Gasteiger partial charge in [0.05, 0.1) is 6.33 Å². The molecule has 0 atom stereocenters. The van der Waals surface area contributed by atoms with Crippen molar-refractivity contribution in [1.82, 2.24) is 24.8 Å². The molecule has 0 aliphatic carbocycles. The molecular formula is C14H17N5S2. The van der Waals surface area contributed by atoms with E-state index in [1.807, 2.05) is 12.6 Å². The minimum atomic E-state index is 0.900. The SMILES string of the molecule is CSc1ncnc2c1ncn2CCCNCc1cccs1. The largest absolute Gasteiger partial charge is 0.315 e. The highest BCUT2D eigenvalue weighted by Crippen LogP contribution is 2.20. The molecular weight excluding hydrogens is 302 g/mol. The highest BCUT2D eigenvalue weighted by atomic mass is 32.2. The molecule has 0 unspecified atom stereocenters. The minimum absolute atomic E-state index is 0.900. The lowest BCUT2D eigenvalue weighted by atomic mass is 10.4. The van der Waals surface area contributed by atoms with Crippen molar-refractivity contribution in [1.29, 1.82) is 0 Å². The van der Waals surface area contributed by atoms with Crippen LogP contribution < -0.4 is 5.32 Å². The number of aromatic nitrogens is 4. The zero-order valence-corrected chi connectivity index (χ0v) is 13.5. The maximum absolute atomic E-state index is 4.43. The summed E-state index contributed by atoms with van der Waals surface area (Å²) in [6.45, 7) is 2.85. The van der Waals surface area contributed by atoms with Gasteiger partial charge < -0.3 is 9.88 Å². The van der Waals surface area contributed by atoms with Gasteiger partial charge in [0.2, 0.25) is 0 Å². The molecule has 3 rings (SSSR count). The first kappa shape index (κ1) is 14.5. The third-order valence-corrected chi connectivity index (χ3v) is 4.75. The number of imidazole rings is 1. The summed E-state index contributed by atoms with van der Waals surface area (Å²) in [5, 5.41) is 6.51. The summed E-state index contributed by atoms with van der Waals surface area (Å²) in [6.07, 6.45) is 6.53. The number of nitrogens with one attached hydrogen (secondary N) is 1. The van der Waals surface area contributed by atoms with Crippen LogP contribution in [-0.2, 0) is 13.1 Å². The van der Waals surface area contributed by atoms with Gasteiger partial charge in [0, 0.05) is 18.0 Å². The monoisotopic (exact) mass is 319 g/mol. The van der Waals surface area contributed by atoms with Crippen molar-refractivity contribution >= 4 is 34.3 Å². The van der Waals surface area contributed by atoms with E-state index in [4.69, 9.17) is 0 Å². The second-order valence-corrected chi connectivity index (χ2v) is 6.43. The van der Waals surface area contributed by atoms with Gasteiger partial charge in [-0.05, 0) is 30.7 Å². The van der Waals surface area contributed by atoms with E-state index >= 15 is 0 Å². The molecule has 0 spiro atoms. The van der Waals surface area contributed by atoms with Crippen LogP contribution in [0, 0.1) is 0 Å². The first-order chi connectivity index (χ1) is 10.4. The first-order valence-corrected chi connectivity index (χ1v) is 8.92. The number of rotatable bonds is 7. The number of aryl methyl sites for hydroxylation is 1. The van der Waals surface area contributed by atoms with Crippen LogP contribution in [0.15, 0.2) is 35.2 Å². The van der Waals surface area contributed by atoms with Crippen LogP contribution in [0.1, 0.15) is 11.3 Å². The van der Waals surface area contributed by atoms with Gasteiger partial charge in [-0.15, -0.1) is 23.1 Å². The van der Waals surface area contributed by atoms with Crippen LogP contribution in [0.4, 0.5) is 0 Å². The van der Waals surface area contributed by atoms with E-state index in [9.17, 15) is 0 Å². The van der Waals surface area contributed by atoms with Gasteiger partial charge in [-0.1, -0.05) is 6.07 Å². The Labute approximate surface area is 131 Å². The van der Waals surface area contributed by atoms with Crippen molar-refractivity contribution in [2.24, 2.45) is 0 Å². The average Bonchev–Trinajstić information content (AvgIpc) is 3.16. The van der Waals surface area contributed by atoms with Crippen LogP contribution in [0.25, 0.3) is 11.2 Å². The Morgan fingerprint density at radius 2 is 2.29 bits per heavy atom. The summed E-state index contributed by atoms with van der Waals surface area (Å²) in [4.78, 5) is 14.4. The molecule has 5 nitrogen and oxygen atoms in total. The van der Waals surface area contributed by atoms with Crippen molar-refractivity contribution in [3.63, 3.8) is 0 Å². The van der Waals surface area contributed by atoms with Crippen molar-refractivity contribution in [3.05, 3.63) is 35.0 Å². The van der Waals surface area contributed by atoms with E-state index in [2.05, 4.69) is 42.3 Å². The number of nitrogens with zero attached hydrogens (tertiary/aromatic N) is 4. The molecule has 0 bridgehead atoms. The predicted molar refractivity (Wildman–Crippen MR) is 87.7 cm³/mol. The lowest BCUT2D eigenvalue weighted by molar-refractivity contribution is 0.589. The summed E-state index contributed by atoms with van der Waals surface area (Å²) in [5.74, 6) is 0. The molecule has 0 saturated carbocycles. The minimum Gasteiger partial charge on any atom is -0.315 e. The van der Waals surface area contributed by atoms with Crippen LogP contribution in [0.3, 0.4) is 0 Å².